The summed E-state index contributed by atoms with van der Waals surface area (Å²) in [6.07, 6.45) is 1.90. The van der Waals surface area contributed by atoms with Gasteiger partial charge in [-0.25, -0.2) is 0 Å². The van der Waals surface area contributed by atoms with Crippen LogP contribution in [0.5, 0.6) is 0 Å². The highest BCUT2D eigenvalue weighted by Crippen LogP contribution is 2.29. The number of hydrogen-bond acceptors (Lipinski definition) is 3. The number of halogens is 2. The van der Waals surface area contributed by atoms with Gasteiger partial charge in [0.2, 0.25) is 0 Å². The first-order valence-corrected chi connectivity index (χ1v) is 8.28. The van der Waals surface area contributed by atoms with E-state index in [1.165, 1.54) is 4.90 Å². The zero-order valence-electron chi connectivity index (χ0n) is 10.2. The van der Waals surface area contributed by atoms with E-state index < -0.39 is 0 Å². The van der Waals surface area contributed by atoms with E-state index in [9.17, 15) is 0 Å². The molecule has 0 atom stereocenters. The normalized spacial score (nSPS) is 10.4. The SMILES string of the molecule is C=CCSc1ccccc1NCc1cc(Br)c(Br)o1. The van der Waals surface area contributed by atoms with Gasteiger partial charge in [-0.15, -0.1) is 18.3 Å². The molecule has 0 fully saturated rings. The molecule has 5 heteroatoms. The van der Waals surface area contributed by atoms with Crippen molar-refractivity contribution in [2.24, 2.45) is 0 Å². The molecule has 0 spiro atoms. The number of hydrogen-bond donors (Lipinski definition) is 1. The summed E-state index contributed by atoms with van der Waals surface area (Å²) in [4.78, 5) is 1.21. The number of thioether (sulfide) groups is 1. The lowest BCUT2D eigenvalue weighted by molar-refractivity contribution is 0.494. The van der Waals surface area contributed by atoms with Crippen molar-refractivity contribution in [3.05, 3.63) is 57.9 Å². The molecule has 2 aromatic rings. The lowest BCUT2D eigenvalue weighted by Crippen LogP contribution is -1.99. The summed E-state index contributed by atoms with van der Waals surface area (Å²) in [6.45, 7) is 4.39. The van der Waals surface area contributed by atoms with Gasteiger partial charge in [0.15, 0.2) is 4.67 Å². The van der Waals surface area contributed by atoms with Crippen molar-refractivity contribution >= 4 is 49.3 Å². The molecule has 0 unspecified atom stereocenters. The van der Waals surface area contributed by atoms with Crippen LogP contribution in [0.2, 0.25) is 0 Å². The number of furan rings is 1. The van der Waals surface area contributed by atoms with Crippen molar-refractivity contribution in [3.8, 4) is 0 Å². The first-order valence-electron chi connectivity index (χ1n) is 5.71. The molecule has 1 heterocycles. The Bertz CT molecular complexity index is 549. The smallest absolute Gasteiger partial charge is 0.183 e. The summed E-state index contributed by atoms with van der Waals surface area (Å²) in [5.41, 5.74) is 1.11. The van der Waals surface area contributed by atoms with Crippen LogP contribution in [-0.2, 0) is 6.54 Å². The Hall–Kier alpha value is -0.650. The fourth-order valence-corrected chi connectivity index (χ4v) is 2.97. The van der Waals surface area contributed by atoms with Gasteiger partial charge < -0.3 is 9.73 Å². The van der Waals surface area contributed by atoms with Crippen molar-refractivity contribution in [1.82, 2.24) is 0 Å². The lowest BCUT2D eigenvalue weighted by atomic mass is 10.3. The zero-order valence-corrected chi connectivity index (χ0v) is 14.1. The Morgan fingerprint density at radius 3 is 2.79 bits per heavy atom. The van der Waals surface area contributed by atoms with Crippen LogP contribution in [0, 0.1) is 0 Å². The maximum Gasteiger partial charge on any atom is 0.183 e. The van der Waals surface area contributed by atoms with Crippen molar-refractivity contribution in [3.63, 3.8) is 0 Å². The Kier molecular flexibility index (Phi) is 5.60. The number of anilines is 1. The molecule has 0 aliphatic carbocycles. The van der Waals surface area contributed by atoms with Crippen LogP contribution in [0.3, 0.4) is 0 Å². The third-order valence-electron chi connectivity index (χ3n) is 2.39. The predicted octanol–water partition coefficient (Wildman–Crippen LogP) is 5.69. The minimum absolute atomic E-state index is 0.649. The van der Waals surface area contributed by atoms with Crippen LogP contribution in [0.1, 0.15) is 5.76 Å². The standard InChI is InChI=1S/C14H13Br2NOS/c1-2-7-19-13-6-4-3-5-12(13)17-9-10-8-11(15)14(16)18-10/h2-6,8,17H,1,7,9H2. The van der Waals surface area contributed by atoms with Gasteiger partial charge >= 0.3 is 0 Å². The van der Waals surface area contributed by atoms with Crippen molar-refractivity contribution in [2.75, 3.05) is 11.1 Å². The van der Waals surface area contributed by atoms with Gasteiger partial charge in [-0.2, -0.15) is 0 Å². The fraction of sp³-hybridized carbons (Fsp3) is 0.143. The molecule has 0 aliphatic rings. The molecular formula is C14H13Br2NOS. The first-order chi connectivity index (χ1) is 9.20. The maximum absolute atomic E-state index is 5.54. The van der Waals surface area contributed by atoms with Gasteiger partial charge in [-0.3, -0.25) is 0 Å². The minimum Gasteiger partial charge on any atom is -0.451 e. The van der Waals surface area contributed by atoms with Gasteiger partial charge in [0, 0.05) is 16.3 Å². The average Bonchev–Trinajstić information content (AvgIpc) is 2.74. The molecule has 19 heavy (non-hydrogen) atoms. The Labute approximate surface area is 133 Å². The van der Waals surface area contributed by atoms with E-state index in [1.807, 2.05) is 24.3 Å². The van der Waals surface area contributed by atoms with E-state index >= 15 is 0 Å². The highest BCUT2D eigenvalue weighted by molar-refractivity contribution is 9.13. The van der Waals surface area contributed by atoms with Crippen LogP contribution in [0.15, 0.2) is 61.4 Å². The van der Waals surface area contributed by atoms with Gasteiger partial charge in [-0.05, 0) is 50.1 Å². The molecule has 0 saturated carbocycles. The van der Waals surface area contributed by atoms with E-state index in [4.69, 9.17) is 4.42 Å². The molecule has 0 radical (unpaired) electrons. The van der Waals surface area contributed by atoms with Crippen molar-refractivity contribution in [2.45, 2.75) is 11.4 Å². The van der Waals surface area contributed by atoms with Crippen molar-refractivity contribution in [1.29, 1.82) is 0 Å². The second kappa shape index (κ2) is 7.22. The maximum atomic E-state index is 5.54. The Morgan fingerprint density at radius 1 is 1.32 bits per heavy atom. The fourth-order valence-electron chi connectivity index (χ4n) is 1.55. The van der Waals surface area contributed by atoms with Crippen LogP contribution < -0.4 is 5.32 Å². The summed E-state index contributed by atoms with van der Waals surface area (Å²) in [5, 5.41) is 3.39. The van der Waals surface area contributed by atoms with Gasteiger partial charge in [0.05, 0.1) is 11.0 Å². The lowest BCUT2D eigenvalue weighted by Gasteiger charge is -2.09. The molecule has 100 valence electrons. The number of rotatable bonds is 6. The van der Waals surface area contributed by atoms with E-state index in [0.717, 1.165) is 26.3 Å². The molecule has 0 aliphatic heterocycles. The summed E-state index contributed by atoms with van der Waals surface area (Å²) >= 11 is 8.50. The van der Waals surface area contributed by atoms with Gasteiger partial charge in [0.1, 0.15) is 5.76 Å². The third-order valence-corrected chi connectivity index (χ3v) is 5.17. The molecule has 1 aromatic heterocycles. The molecule has 0 saturated heterocycles. The molecule has 1 N–H and O–H groups in total. The van der Waals surface area contributed by atoms with Crippen LogP contribution >= 0.6 is 43.6 Å². The monoisotopic (exact) mass is 401 g/mol. The average molecular weight is 403 g/mol. The topological polar surface area (TPSA) is 25.2 Å². The molecule has 1 aromatic carbocycles. The van der Waals surface area contributed by atoms with Gasteiger partial charge in [0.25, 0.3) is 0 Å². The highest BCUT2D eigenvalue weighted by atomic mass is 79.9. The largest absolute Gasteiger partial charge is 0.451 e. The van der Waals surface area contributed by atoms with E-state index in [-0.39, 0.29) is 0 Å². The number of nitrogens with one attached hydrogen (secondary N) is 1. The van der Waals surface area contributed by atoms with Gasteiger partial charge in [-0.1, -0.05) is 18.2 Å². The summed E-state index contributed by atoms with van der Waals surface area (Å²) in [5.74, 6) is 1.78. The van der Waals surface area contributed by atoms with Crippen LogP contribution in [0.25, 0.3) is 0 Å². The molecule has 0 bridgehead atoms. The predicted molar refractivity (Wildman–Crippen MR) is 88.8 cm³/mol. The molecule has 2 rings (SSSR count). The second-order valence-corrected chi connectivity index (χ2v) is 6.42. The van der Waals surface area contributed by atoms with Crippen LogP contribution in [0.4, 0.5) is 5.69 Å². The van der Waals surface area contributed by atoms with Crippen LogP contribution in [-0.4, -0.2) is 5.75 Å². The summed E-state index contributed by atoms with van der Waals surface area (Å²) < 4.78 is 7.19. The summed E-state index contributed by atoms with van der Waals surface area (Å²) in [6, 6.07) is 10.2. The third kappa shape index (κ3) is 4.16. The first kappa shape index (κ1) is 14.8. The van der Waals surface area contributed by atoms with E-state index in [1.54, 1.807) is 11.8 Å². The Balaban J connectivity index is 2.04. The van der Waals surface area contributed by atoms with E-state index in [0.29, 0.717) is 6.54 Å². The molecular weight excluding hydrogens is 390 g/mol. The Morgan fingerprint density at radius 2 is 2.11 bits per heavy atom. The van der Waals surface area contributed by atoms with Crippen molar-refractivity contribution < 1.29 is 4.42 Å². The summed E-state index contributed by atoms with van der Waals surface area (Å²) in [7, 11) is 0. The molecule has 0 amide bonds. The quantitative estimate of drug-likeness (QED) is 0.495. The zero-order chi connectivity index (χ0) is 13.7. The number of para-hydroxylation sites is 1. The van der Waals surface area contributed by atoms with E-state index in [2.05, 4.69) is 55.9 Å². The number of benzene rings is 1. The highest BCUT2D eigenvalue weighted by Gasteiger charge is 2.07. The second-order valence-electron chi connectivity index (χ2n) is 3.78. The molecule has 2 nitrogen and oxygen atoms in total. The minimum atomic E-state index is 0.649.